The Morgan fingerprint density at radius 2 is 1.89 bits per heavy atom. The highest BCUT2D eigenvalue weighted by Crippen LogP contribution is 2.13. The molecule has 0 N–H and O–H groups in total. The molecule has 1 aromatic heterocycles. The van der Waals surface area contributed by atoms with Crippen LogP contribution in [0.25, 0.3) is 5.69 Å². The number of unbranched alkanes of at least 4 members (excludes halogenated alkanes) is 1. The Morgan fingerprint density at radius 3 is 2.53 bits per heavy atom. The number of hydrogen-bond acceptors (Lipinski definition) is 3. The Bertz CT molecular complexity index is 499. The summed E-state index contributed by atoms with van der Waals surface area (Å²) in [5.41, 5.74) is 2.42. The zero-order valence-electron chi connectivity index (χ0n) is 12.0. The Kier molecular flexibility index (Phi) is 4.66. The molecule has 0 spiro atoms. The van der Waals surface area contributed by atoms with Crippen molar-refractivity contribution in [2.24, 2.45) is 5.92 Å². The van der Waals surface area contributed by atoms with Crippen LogP contribution in [-0.4, -0.2) is 20.2 Å². The van der Waals surface area contributed by atoms with E-state index in [9.17, 15) is 0 Å². The van der Waals surface area contributed by atoms with Crippen LogP contribution < -0.4 is 0 Å². The highest BCUT2D eigenvalue weighted by molar-refractivity contribution is 5.34. The molecule has 4 heteroatoms. The summed E-state index contributed by atoms with van der Waals surface area (Å²) in [5, 5.41) is 12.0. The number of aryl methyl sites for hydroxylation is 1. The van der Waals surface area contributed by atoms with Crippen LogP contribution in [0.3, 0.4) is 0 Å². The van der Waals surface area contributed by atoms with E-state index in [2.05, 4.69) is 60.6 Å². The van der Waals surface area contributed by atoms with Crippen LogP contribution in [0, 0.1) is 5.92 Å². The second kappa shape index (κ2) is 6.45. The van der Waals surface area contributed by atoms with Crippen LogP contribution in [0.5, 0.6) is 0 Å². The van der Waals surface area contributed by atoms with Gasteiger partial charge in [0.25, 0.3) is 0 Å². The molecule has 2 rings (SSSR count). The van der Waals surface area contributed by atoms with Crippen LogP contribution in [0.2, 0.25) is 0 Å². The van der Waals surface area contributed by atoms with Gasteiger partial charge < -0.3 is 0 Å². The lowest BCUT2D eigenvalue weighted by Crippen LogP contribution is -2.06. The standard InChI is InChI=1S/C15H22N4/c1-4-5-6-13-7-9-14(10-8-13)19-15(11-12(2)3)16-17-18-19/h7-10,12H,4-6,11H2,1-3H3. The fourth-order valence-corrected chi connectivity index (χ4v) is 2.08. The van der Waals surface area contributed by atoms with E-state index >= 15 is 0 Å². The van der Waals surface area contributed by atoms with Gasteiger partial charge in [-0.2, -0.15) is 4.68 Å². The highest BCUT2D eigenvalue weighted by atomic mass is 15.5. The molecule has 0 saturated heterocycles. The van der Waals surface area contributed by atoms with Gasteiger partial charge in [-0.15, -0.1) is 5.10 Å². The molecule has 0 saturated carbocycles. The minimum absolute atomic E-state index is 0.550. The molecule has 0 fully saturated rings. The molecule has 1 aromatic carbocycles. The molecule has 1 heterocycles. The minimum atomic E-state index is 0.550. The lowest BCUT2D eigenvalue weighted by atomic mass is 10.1. The summed E-state index contributed by atoms with van der Waals surface area (Å²) in [4.78, 5) is 0. The molecule has 0 bridgehead atoms. The lowest BCUT2D eigenvalue weighted by Gasteiger charge is -2.07. The Labute approximate surface area is 114 Å². The SMILES string of the molecule is CCCCc1ccc(-n2nnnc2CC(C)C)cc1. The van der Waals surface area contributed by atoms with Gasteiger partial charge in [0.2, 0.25) is 0 Å². The first-order valence-corrected chi connectivity index (χ1v) is 7.07. The smallest absolute Gasteiger partial charge is 0.156 e. The van der Waals surface area contributed by atoms with Crippen molar-refractivity contribution in [3.05, 3.63) is 35.7 Å². The second-order valence-electron chi connectivity index (χ2n) is 5.37. The zero-order chi connectivity index (χ0) is 13.7. The average molecular weight is 258 g/mol. The number of rotatable bonds is 6. The predicted octanol–water partition coefficient (Wildman–Crippen LogP) is 3.20. The van der Waals surface area contributed by atoms with Gasteiger partial charge in [0, 0.05) is 6.42 Å². The maximum Gasteiger partial charge on any atom is 0.156 e. The van der Waals surface area contributed by atoms with Crippen molar-refractivity contribution in [2.75, 3.05) is 0 Å². The van der Waals surface area contributed by atoms with Crippen molar-refractivity contribution < 1.29 is 0 Å². The summed E-state index contributed by atoms with van der Waals surface area (Å²) in [6, 6.07) is 8.55. The summed E-state index contributed by atoms with van der Waals surface area (Å²) >= 11 is 0. The molecule has 0 aliphatic rings. The number of benzene rings is 1. The van der Waals surface area contributed by atoms with Crippen LogP contribution in [0.4, 0.5) is 0 Å². The van der Waals surface area contributed by atoms with Gasteiger partial charge >= 0.3 is 0 Å². The van der Waals surface area contributed by atoms with Gasteiger partial charge in [-0.3, -0.25) is 0 Å². The molecule has 0 aliphatic heterocycles. The first-order chi connectivity index (χ1) is 9.20. The normalized spacial score (nSPS) is 11.2. The molecule has 0 radical (unpaired) electrons. The second-order valence-corrected chi connectivity index (χ2v) is 5.37. The maximum atomic E-state index is 4.11. The summed E-state index contributed by atoms with van der Waals surface area (Å²) in [6.45, 7) is 6.56. The maximum absolute atomic E-state index is 4.11. The quantitative estimate of drug-likeness (QED) is 0.799. The van der Waals surface area contributed by atoms with Gasteiger partial charge in [0.05, 0.1) is 5.69 Å². The monoisotopic (exact) mass is 258 g/mol. The van der Waals surface area contributed by atoms with E-state index in [1.54, 1.807) is 0 Å². The molecule has 0 unspecified atom stereocenters. The third kappa shape index (κ3) is 3.63. The number of nitrogens with zero attached hydrogens (tertiary/aromatic N) is 4. The Hall–Kier alpha value is -1.71. The van der Waals surface area contributed by atoms with Gasteiger partial charge in [-0.05, 0) is 46.9 Å². The summed E-state index contributed by atoms with van der Waals surface area (Å²) < 4.78 is 1.84. The first kappa shape index (κ1) is 13.7. The average Bonchev–Trinajstić information content (AvgIpc) is 2.84. The number of aromatic nitrogens is 4. The molecule has 0 atom stereocenters. The summed E-state index contributed by atoms with van der Waals surface area (Å²) in [5.74, 6) is 1.48. The van der Waals surface area contributed by atoms with Crippen molar-refractivity contribution >= 4 is 0 Å². The first-order valence-electron chi connectivity index (χ1n) is 7.07. The van der Waals surface area contributed by atoms with Gasteiger partial charge in [-0.25, -0.2) is 0 Å². The van der Waals surface area contributed by atoms with Crippen molar-refractivity contribution in [2.45, 2.75) is 46.5 Å². The molecule has 0 amide bonds. The van der Waals surface area contributed by atoms with Gasteiger partial charge in [0.1, 0.15) is 0 Å². The topological polar surface area (TPSA) is 43.6 Å². The van der Waals surface area contributed by atoms with E-state index in [-0.39, 0.29) is 0 Å². The predicted molar refractivity (Wildman–Crippen MR) is 76.3 cm³/mol. The highest BCUT2D eigenvalue weighted by Gasteiger charge is 2.09. The van der Waals surface area contributed by atoms with Crippen LogP contribution >= 0.6 is 0 Å². The van der Waals surface area contributed by atoms with Crippen molar-refractivity contribution in [3.63, 3.8) is 0 Å². The fraction of sp³-hybridized carbons (Fsp3) is 0.533. The molecule has 19 heavy (non-hydrogen) atoms. The van der Waals surface area contributed by atoms with Crippen molar-refractivity contribution in [1.82, 2.24) is 20.2 Å². The third-order valence-electron chi connectivity index (χ3n) is 3.12. The van der Waals surface area contributed by atoms with Crippen molar-refractivity contribution in [1.29, 1.82) is 0 Å². The molecular formula is C15H22N4. The Balaban J connectivity index is 2.15. The van der Waals surface area contributed by atoms with E-state index < -0.39 is 0 Å². The van der Waals surface area contributed by atoms with Crippen LogP contribution in [-0.2, 0) is 12.8 Å². The van der Waals surface area contributed by atoms with E-state index in [1.807, 2.05) is 4.68 Å². The van der Waals surface area contributed by atoms with Crippen LogP contribution in [0.15, 0.2) is 24.3 Å². The molecule has 4 nitrogen and oxygen atoms in total. The zero-order valence-corrected chi connectivity index (χ0v) is 12.0. The Morgan fingerprint density at radius 1 is 1.16 bits per heavy atom. The molecule has 0 aliphatic carbocycles. The van der Waals surface area contributed by atoms with E-state index in [1.165, 1.54) is 18.4 Å². The van der Waals surface area contributed by atoms with Gasteiger partial charge in [-0.1, -0.05) is 39.3 Å². The minimum Gasteiger partial charge on any atom is -0.197 e. The lowest BCUT2D eigenvalue weighted by molar-refractivity contribution is 0.605. The summed E-state index contributed by atoms with van der Waals surface area (Å²) in [6.07, 6.45) is 4.51. The molecule has 102 valence electrons. The van der Waals surface area contributed by atoms with E-state index in [0.717, 1.165) is 24.4 Å². The van der Waals surface area contributed by atoms with Crippen molar-refractivity contribution in [3.8, 4) is 5.69 Å². The largest absolute Gasteiger partial charge is 0.197 e. The summed E-state index contributed by atoms with van der Waals surface area (Å²) in [7, 11) is 0. The van der Waals surface area contributed by atoms with Crippen LogP contribution in [0.1, 0.15) is 45.0 Å². The van der Waals surface area contributed by atoms with E-state index in [0.29, 0.717) is 5.92 Å². The molecule has 2 aromatic rings. The van der Waals surface area contributed by atoms with Gasteiger partial charge in [0.15, 0.2) is 5.82 Å². The third-order valence-corrected chi connectivity index (χ3v) is 3.12. The number of hydrogen-bond donors (Lipinski definition) is 0. The molecular weight excluding hydrogens is 236 g/mol. The fourth-order valence-electron chi connectivity index (χ4n) is 2.08. The number of tetrazole rings is 1. The van der Waals surface area contributed by atoms with E-state index in [4.69, 9.17) is 0 Å².